The van der Waals surface area contributed by atoms with E-state index in [1.807, 2.05) is 38.1 Å². The molecule has 14 heteroatoms. The van der Waals surface area contributed by atoms with Gasteiger partial charge in [0, 0.05) is 37.6 Å². The molecule has 0 bridgehead atoms. The van der Waals surface area contributed by atoms with Crippen LogP contribution in [0.2, 0.25) is 5.02 Å². The Hall–Kier alpha value is -2.74. The Morgan fingerprint density at radius 1 is 1.18 bits per heavy atom. The number of hydrogen-bond donors (Lipinski definition) is 1. The van der Waals surface area contributed by atoms with Crippen LogP contribution in [0.5, 0.6) is 0 Å². The molecule has 1 aliphatic rings. The zero-order valence-corrected chi connectivity index (χ0v) is 22.9. The molecule has 0 spiro atoms. The van der Waals surface area contributed by atoms with Gasteiger partial charge in [-0.3, -0.25) is 0 Å². The number of nitrogens with zero attached hydrogens (tertiary/aromatic N) is 6. The normalized spacial score (nSPS) is 16.7. The molecule has 2 aromatic heterocycles. The molecule has 1 N–H and O–H groups in total. The molecule has 1 unspecified atom stereocenters. The lowest BCUT2D eigenvalue weighted by Gasteiger charge is -2.30. The second-order valence-corrected chi connectivity index (χ2v) is 11.9. The van der Waals surface area contributed by atoms with E-state index in [1.165, 1.54) is 16.8 Å². The second-order valence-electron chi connectivity index (χ2n) is 9.52. The molecular weight excluding hydrogens is 543 g/mol. The minimum absolute atomic E-state index is 0.0109. The van der Waals surface area contributed by atoms with E-state index in [1.54, 1.807) is 10.6 Å². The lowest BCUT2D eigenvalue weighted by atomic mass is 10.1. The summed E-state index contributed by atoms with van der Waals surface area (Å²) in [7, 11) is 0.560. The average molecular weight is 572 g/mol. The minimum atomic E-state index is -4.70. The number of benzene rings is 1. The molecule has 1 aromatic carbocycles. The molecule has 9 nitrogen and oxygen atoms in total. The van der Waals surface area contributed by atoms with Crippen LogP contribution in [0.15, 0.2) is 36.9 Å². The quantitative estimate of drug-likeness (QED) is 0.447. The molecule has 0 radical (unpaired) electrons. The van der Waals surface area contributed by atoms with Crippen molar-refractivity contribution in [1.82, 2.24) is 28.7 Å². The molecule has 0 aliphatic carbocycles. The number of aromatic nitrogens is 4. The highest BCUT2D eigenvalue weighted by molar-refractivity contribution is 7.88. The maximum absolute atomic E-state index is 13.9. The monoisotopic (exact) mass is 571 g/mol. The number of hydrogen-bond acceptors (Lipinski definition) is 7. The predicted octanol–water partition coefficient (Wildman–Crippen LogP) is 4.46. The van der Waals surface area contributed by atoms with Gasteiger partial charge in [0.15, 0.2) is 0 Å². The van der Waals surface area contributed by atoms with Gasteiger partial charge in [0.25, 0.3) is 0 Å². The molecule has 38 heavy (non-hydrogen) atoms. The van der Waals surface area contributed by atoms with Gasteiger partial charge in [-0.05, 0) is 45.5 Å². The highest BCUT2D eigenvalue weighted by Gasteiger charge is 2.36. The fraction of sp³-hybridized carbons (Fsp3) is 0.458. The van der Waals surface area contributed by atoms with Crippen molar-refractivity contribution in [2.24, 2.45) is 0 Å². The standard InChI is InChI=1S/C24H29ClF3N7O2S/c1-15(33(2)3)17-6-5-7-20(21(17)25)34-13-19(30-14-34)22-18(24(26,27)28)12-29-23(32-22)31-16-8-10-35(11-9-16)38(4,36)37/h5-7,12-16H,8-11H2,1-4H3,(H,29,31,32). The van der Waals surface area contributed by atoms with Crippen molar-refractivity contribution in [3.63, 3.8) is 0 Å². The fourth-order valence-electron chi connectivity index (χ4n) is 4.28. The van der Waals surface area contributed by atoms with Crippen LogP contribution < -0.4 is 5.32 Å². The number of piperidine rings is 1. The first-order chi connectivity index (χ1) is 17.8. The zero-order valence-electron chi connectivity index (χ0n) is 21.4. The van der Waals surface area contributed by atoms with Crippen molar-refractivity contribution in [1.29, 1.82) is 0 Å². The average Bonchev–Trinajstić information content (AvgIpc) is 3.33. The summed E-state index contributed by atoms with van der Waals surface area (Å²) >= 11 is 6.68. The first-order valence-corrected chi connectivity index (χ1v) is 14.1. The summed E-state index contributed by atoms with van der Waals surface area (Å²) in [5, 5.41) is 3.52. The Kier molecular flexibility index (Phi) is 8.03. The van der Waals surface area contributed by atoms with E-state index in [0.29, 0.717) is 36.6 Å². The Morgan fingerprint density at radius 2 is 1.87 bits per heavy atom. The van der Waals surface area contributed by atoms with E-state index in [0.717, 1.165) is 18.0 Å². The summed E-state index contributed by atoms with van der Waals surface area (Å²) in [5.41, 5.74) is 0.0837. The number of halogens is 4. The summed E-state index contributed by atoms with van der Waals surface area (Å²) in [4.78, 5) is 14.3. The van der Waals surface area contributed by atoms with Crippen LogP contribution in [0.3, 0.4) is 0 Å². The zero-order chi connectivity index (χ0) is 27.8. The number of nitrogens with one attached hydrogen (secondary N) is 1. The van der Waals surface area contributed by atoms with E-state index >= 15 is 0 Å². The number of sulfonamides is 1. The van der Waals surface area contributed by atoms with Crippen molar-refractivity contribution in [3.8, 4) is 17.1 Å². The highest BCUT2D eigenvalue weighted by Crippen LogP contribution is 2.37. The van der Waals surface area contributed by atoms with Gasteiger partial charge in [0.05, 0.1) is 17.0 Å². The van der Waals surface area contributed by atoms with Gasteiger partial charge in [-0.25, -0.2) is 27.7 Å². The van der Waals surface area contributed by atoms with Gasteiger partial charge >= 0.3 is 6.18 Å². The molecule has 1 fully saturated rings. The Balaban J connectivity index is 1.64. The Bertz CT molecular complexity index is 1400. The van der Waals surface area contributed by atoms with Crippen molar-refractivity contribution in [2.75, 3.05) is 38.8 Å². The van der Waals surface area contributed by atoms with E-state index in [2.05, 4.69) is 20.3 Å². The van der Waals surface area contributed by atoms with Gasteiger partial charge in [-0.2, -0.15) is 13.2 Å². The summed E-state index contributed by atoms with van der Waals surface area (Å²) in [6, 6.07) is 5.33. The van der Waals surface area contributed by atoms with Crippen LogP contribution in [-0.4, -0.2) is 76.6 Å². The van der Waals surface area contributed by atoms with Gasteiger partial charge in [0.1, 0.15) is 23.3 Å². The Labute approximate surface area is 224 Å². The molecule has 206 valence electrons. The smallest absolute Gasteiger partial charge is 0.351 e. The largest absolute Gasteiger partial charge is 0.420 e. The molecule has 3 aromatic rings. The van der Waals surface area contributed by atoms with Crippen LogP contribution in [0, 0.1) is 0 Å². The third-order valence-corrected chi connectivity index (χ3v) is 8.40. The summed E-state index contributed by atoms with van der Waals surface area (Å²) in [5.74, 6) is 0.0141. The lowest BCUT2D eigenvalue weighted by molar-refractivity contribution is -0.137. The second kappa shape index (κ2) is 10.8. The molecule has 1 aliphatic heterocycles. The van der Waals surface area contributed by atoms with Gasteiger partial charge in [-0.1, -0.05) is 23.7 Å². The number of imidazole rings is 1. The topological polar surface area (TPSA) is 96.2 Å². The summed E-state index contributed by atoms with van der Waals surface area (Å²) < 4.78 is 68.0. The van der Waals surface area contributed by atoms with E-state index in [-0.39, 0.29) is 29.4 Å². The minimum Gasteiger partial charge on any atom is -0.351 e. The summed E-state index contributed by atoms with van der Waals surface area (Å²) in [6.07, 6.45) is 0.994. The summed E-state index contributed by atoms with van der Waals surface area (Å²) in [6.45, 7) is 2.61. The first-order valence-electron chi connectivity index (χ1n) is 11.9. The maximum atomic E-state index is 13.9. The molecule has 4 rings (SSSR count). The number of anilines is 1. The molecule has 1 saturated heterocycles. The SMILES string of the molecule is CC(c1cccc(-n2cnc(-c3nc(NC4CCN(S(C)(=O)=O)CC4)ncc3C(F)(F)F)c2)c1Cl)N(C)C. The van der Waals surface area contributed by atoms with E-state index in [4.69, 9.17) is 11.6 Å². The van der Waals surface area contributed by atoms with Crippen molar-refractivity contribution >= 4 is 27.6 Å². The number of rotatable bonds is 7. The molecule has 1 atom stereocenters. The predicted molar refractivity (Wildman–Crippen MR) is 140 cm³/mol. The van der Waals surface area contributed by atoms with Crippen molar-refractivity contribution < 1.29 is 21.6 Å². The van der Waals surface area contributed by atoms with Crippen LogP contribution in [0.1, 0.15) is 36.9 Å². The van der Waals surface area contributed by atoms with Crippen molar-refractivity contribution in [2.45, 2.75) is 38.0 Å². The van der Waals surface area contributed by atoms with E-state index in [9.17, 15) is 21.6 Å². The van der Waals surface area contributed by atoms with Crippen LogP contribution in [0.25, 0.3) is 17.1 Å². The van der Waals surface area contributed by atoms with Gasteiger partial charge < -0.3 is 14.8 Å². The van der Waals surface area contributed by atoms with Gasteiger partial charge in [0.2, 0.25) is 16.0 Å². The van der Waals surface area contributed by atoms with Crippen LogP contribution >= 0.6 is 11.6 Å². The molecule has 0 saturated carbocycles. The molecule has 0 amide bonds. The van der Waals surface area contributed by atoms with Crippen LogP contribution in [-0.2, 0) is 16.2 Å². The highest BCUT2D eigenvalue weighted by atomic mass is 35.5. The fourth-order valence-corrected chi connectivity index (χ4v) is 5.54. The number of alkyl halides is 3. The Morgan fingerprint density at radius 3 is 2.47 bits per heavy atom. The molecule has 3 heterocycles. The third kappa shape index (κ3) is 6.11. The first kappa shape index (κ1) is 28.3. The lowest BCUT2D eigenvalue weighted by Crippen LogP contribution is -2.42. The van der Waals surface area contributed by atoms with Crippen molar-refractivity contribution in [3.05, 3.63) is 53.1 Å². The maximum Gasteiger partial charge on any atom is 0.420 e. The van der Waals surface area contributed by atoms with E-state index < -0.39 is 21.8 Å². The third-order valence-electron chi connectivity index (χ3n) is 6.69. The van der Waals surface area contributed by atoms with Crippen LogP contribution in [0.4, 0.5) is 19.1 Å². The molecular formula is C24H29ClF3N7O2S. The van der Waals surface area contributed by atoms with Gasteiger partial charge in [-0.15, -0.1) is 0 Å².